The first-order valence-electron chi connectivity index (χ1n) is 10.9. The Kier molecular flexibility index (Phi) is 6.93. The number of carboxylic acids is 1. The molecule has 5 rings (SSSR count). The van der Waals surface area contributed by atoms with Gasteiger partial charge in [0.1, 0.15) is 5.65 Å². The van der Waals surface area contributed by atoms with Crippen LogP contribution in [-0.4, -0.2) is 62.0 Å². The number of fused-ring (bicyclic) bond motifs is 1. The van der Waals surface area contributed by atoms with Crippen molar-refractivity contribution in [2.45, 2.75) is 25.4 Å². The Balaban J connectivity index is 0.000000166. The van der Waals surface area contributed by atoms with Gasteiger partial charge in [0.05, 0.1) is 54.1 Å². The summed E-state index contributed by atoms with van der Waals surface area (Å²) in [4.78, 5) is 24.4. The van der Waals surface area contributed by atoms with Gasteiger partial charge < -0.3 is 31.2 Å². The van der Waals surface area contributed by atoms with Gasteiger partial charge in [0.2, 0.25) is 0 Å². The van der Waals surface area contributed by atoms with E-state index in [4.69, 9.17) is 21.3 Å². The molecule has 11 heteroatoms. The van der Waals surface area contributed by atoms with Gasteiger partial charge in [-0.1, -0.05) is 6.07 Å². The van der Waals surface area contributed by atoms with Crippen LogP contribution in [0.4, 0.5) is 11.4 Å². The van der Waals surface area contributed by atoms with Crippen molar-refractivity contribution in [1.29, 1.82) is 0 Å². The first-order valence-corrected chi connectivity index (χ1v) is 10.9. The quantitative estimate of drug-likeness (QED) is 0.346. The molecule has 4 aromatic heterocycles. The SMILES string of the molecule is COc1cnc2[nH]cc(N)c2c1N1CCC[C@@H](N)C1.O=C(O)c1cnn(Cc2ccccn2)c1. The molecular weight excluding hydrogens is 436 g/mol. The fraction of sp³-hybridized carbons (Fsp3) is 0.304. The molecule has 0 amide bonds. The molecule has 178 valence electrons. The Morgan fingerprint density at radius 1 is 1.32 bits per heavy atom. The maximum atomic E-state index is 10.6. The molecule has 6 N–H and O–H groups in total. The van der Waals surface area contributed by atoms with E-state index in [0.29, 0.717) is 12.2 Å². The van der Waals surface area contributed by atoms with Crippen molar-refractivity contribution in [3.8, 4) is 5.75 Å². The topological polar surface area (TPSA) is 161 Å². The number of carbonyl (C=O) groups is 1. The average molecular weight is 465 g/mol. The first-order chi connectivity index (χ1) is 16.5. The number of aromatic carboxylic acids is 1. The molecule has 0 bridgehead atoms. The molecule has 11 nitrogen and oxygen atoms in total. The Morgan fingerprint density at radius 2 is 2.18 bits per heavy atom. The third kappa shape index (κ3) is 5.09. The van der Waals surface area contributed by atoms with E-state index >= 15 is 0 Å². The lowest BCUT2D eigenvalue weighted by Crippen LogP contribution is -2.43. The summed E-state index contributed by atoms with van der Waals surface area (Å²) < 4.78 is 7.00. The monoisotopic (exact) mass is 464 g/mol. The highest BCUT2D eigenvalue weighted by Crippen LogP contribution is 2.39. The number of nitrogens with two attached hydrogens (primary N) is 2. The van der Waals surface area contributed by atoms with E-state index < -0.39 is 5.97 Å². The van der Waals surface area contributed by atoms with E-state index in [1.54, 1.807) is 30.4 Å². The maximum Gasteiger partial charge on any atom is 0.338 e. The highest BCUT2D eigenvalue weighted by atomic mass is 16.5. The van der Waals surface area contributed by atoms with Gasteiger partial charge in [-0.25, -0.2) is 9.78 Å². The summed E-state index contributed by atoms with van der Waals surface area (Å²) in [5.41, 5.74) is 15.6. The highest BCUT2D eigenvalue weighted by molar-refractivity contribution is 6.02. The predicted molar refractivity (Wildman–Crippen MR) is 129 cm³/mol. The maximum absolute atomic E-state index is 10.6. The number of H-pyrrole nitrogens is 1. The number of nitrogens with zero attached hydrogens (tertiary/aromatic N) is 5. The summed E-state index contributed by atoms with van der Waals surface area (Å²) in [6.45, 7) is 2.27. The summed E-state index contributed by atoms with van der Waals surface area (Å²) in [5.74, 6) is -0.227. The fourth-order valence-corrected chi connectivity index (χ4v) is 3.98. The van der Waals surface area contributed by atoms with E-state index in [9.17, 15) is 4.79 Å². The first kappa shape index (κ1) is 23.1. The number of rotatable bonds is 5. The number of aromatic amines is 1. The van der Waals surface area contributed by atoms with Gasteiger partial charge in [0, 0.05) is 37.7 Å². The van der Waals surface area contributed by atoms with E-state index in [1.165, 1.54) is 12.4 Å². The molecule has 1 aliphatic heterocycles. The number of nitrogen functional groups attached to an aromatic ring is 1. The molecule has 1 atom stereocenters. The van der Waals surface area contributed by atoms with Crippen LogP contribution in [0.1, 0.15) is 28.9 Å². The molecule has 5 heterocycles. The number of ether oxygens (including phenoxy) is 1. The largest absolute Gasteiger partial charge is 0.493 e. The molecular formula is C23H28N8O3. The second-order valence-corrected chi connectivity index (χ2v) is 8.04. The van der Waals surface area contributed by atoms with Gasteiger partial charge in [-0.2, -0.15) is 5.10 Å². The normalized spacial score (nSPS) is 15.6. The number of nitrogens with one attached hydrogen (secondary N) is 1. The van der Waals surface area contributed by atoms with Crippen LogP contribution < -0.4 is 21.1 Å². The smallest absolute Gasteiger partial charge is 0.338 e. The van der Waals surface area contributed by atoms with Crippen LogP contribution >= 0.6 is 0 Å². The molecule has 0 aliphatic carbocycles. The Bertz CT molecular complexity index is 1250. The van der Waals surface area contributed by atoms with Gasteiger partial charge in [-0.15, -0.1) is 0 Å². The van der Waals surface area contributed by atoms with Gasteiger partial charge in [0.25, 0.3) is 0 Å². The molecule has 1 aliphatic rings. The third-order valence-electron chi connectivity index (χ3n) is 5.60. The van der Waals surface area contributed by atoms with Crippen LogP contribution in [0.2, 0.25) is 0 Å². The summed E-state index contributed by atoms with van der Waals surface area (Å²) in [6, 6.07) is 5.77. The Morgan fingerprint density at radius 3 is 2.85 bits per heavy atom. The van der Waals surface area contributed by atoms with Crippen LogP contribution in [0.15, 0.2) is 49.2 Å². The van der Waals surface area contributed by atoms with Crippen molar-refractivity contribution in [2.75, 3.05) is 30.8 Å². The second kappa shape index (κ2) is 10.2. The number of methoxy groups -OCH3 is 1. The fourth-order valence-electron chi connectivity index (χ4n) is 3.98. The van der Waals surface area contributed by atoms with Crippen molar-refractivity contribution >= 4 is 28.4 Å². The lowest BCUT2D eigenvalue weighted by atomic mass is 10.0. The van der Waals surface area contributed by atoms with Gasteiger partial charge in [0.15, 0.2) is 5.75 Å². The highest BCUT2D eigenvalue weighted by Gasteiger charge is 2.24. The van der Waals surface area contributed by atoms with Crippen LogP contribution in [0.5, 0.6) is 5.75 Å². The molecule has 0 unspecified atom stereocenters. The Hall–Kier alpha value is -4.12. The summed E-state index contributed by atoms with van der Waals surface area (Å²) in [5, 5.41) is 13.5. The number of anilines is 2. The Labute approximate surface area is 196 Å². The minimum atomic E-state index is -0.970. The van der Waals surface area contributed by atoms with Crippen molar-refractivity contribution in [3.63, 3.8) is 0 Å². The summed E-state index contributed by atoms with van der Waals surface area (Å²) in [6.07, 6.45) is 10.1. The molecule has 0 spiro atoms. The van der Waals surface area contributed by atoms with E-state index in [2.05, 4.69) is 25.0 Å². The van der Waals surface area contributed by atoms with Crippen molar-refractivity contribution in [3.05, 3.63) is 60.4 Å². The number of pyridine rings is 2. The molecule has 34 heavy (non-hydrogen) atoms. The van der Waals surface area contributed by atoms with E-state index in [1.807, 2.05) is 18.2 Å². The lowest BCUT2D eigenvalue weighted by molar-refractivity contribution is 0.0696. The van der Waals surface area contributed by atoms with Crippen molar-refractivity contribution < 1.29 is 14.6 Å². The summed E-state index contributed by atoms with van der Waals surface area (Å²) in [7, 11) is 1.65. The number of hydrogen-bond acceptors (Lipinski definition) is 8. The van der Waals surface area contributed by atoms with Crippen LogP contribution in [0.3, 0.4) is 0 Å². The minimum Gasteiger partial charge on any atom is -0.493 e. The van der Waals surface area contributed by atoms with Crippen molar-refractivity contribution in [2.24, 2.45) is 5.73 Å². The van der Waals surface area contributed by atoms with Crippen molar-refractivity contribution in [1.82, 2.24) is 24.7 Å². The predicted octanol–water partition coefficient (Wildman–Crippen LogP) is 2.11. The standard InChI is InChI=1S/C13H19N5O.C10H9N3O2/c1-19-10-6-17-13-11(9(15)5-16-13)12(10)18-4-2-3-8(14)7-18;14-10(15)8-5-12-13(6-8)7-9-3-1-2-4-11-9/h5-6,8H,2-4,7,14-15H2,1H3,(H,16,17);1-6H,7H2,(H,14,15)/t8-;/m1./s1. The minimum absolute atomic E-state index is 0.186. The summed E-state index contributed by atoms with van der Waals surface area (Å²) >= 11 is 0. The zero-order valence-corrected chi connectivity index (χ0v) is 18.9. The molecule has 4 aromatic rings. The number of piperidine rings is 1. The zero-order valence-electron chi connectivity index (χ0n) is 18.9. The average Bonchev–Trinajstić information content (AvgIpc) is 3.46. The molecule has 0 radical (unpaired) electrons. The van der Waals surface area contributed by atoms with Crippen LogP contribution in [0, 0.1) is 0 Å². The number of aromatic nitrogens is 5. The molecule has 1 fully saturated rings. The third-order valence-corrected chi connectivity index (χ3v) is 5.60. The van der Waals surface area contributed by atoms with Gasteiger partial charge >= 0.3 is 5.97 Å². The number of carboxylic acid groups (broad SMARTS) is 1. The van der Waals surface area contributed by atoms with Crippen LogP contribution in [0.25, 0.3) is 11.0 Å². The molecule has 1 saturated heterocycles. The van der Waals surface area contributed by atoms with Crippen LogP contribution in [-0.2, 0) is 6.54 Å². The second-order valence-electron chi connectivity index (χ2n) is 8.04. The number of hydrogen-bond donors (Lipinski definition) is 4. The van der Waals surface area contributed by atoms with E-state index in [0.717, 1.165) is 54.1 Å². The van der Waals surface area contributed by atoms with E-state index in [-0.39, 0.29) is 11.6 Å². The van der Waals surface area contributed by atoms with Gasteiger partial charge in [-0.3, -0.25) is 9.67 Å². The molecule has 0 saturated carbocycles. The lowest BCUT2D eigenvalue weighted by Gasteiger charge is -2.33. The zero-order chi connectivity index (χ0) is 24.1. The van der Waals surface area contributed by atoms with Gasteiger partial charge in [-0.05, 0) is 25.0 Å². The molecule has 0 aromatic carbocycles.